The Morgan fingerprint density at radius 3 is 2.09 bits per heavy atom. The molecule has 3 aliphatic heterocycles. The fourth-order valence-corrected chi connectivity index (χ4v) is 6.88. The summed E-state index contributed by atoms with van der Waals surface area (Å²) in [6.07, 6.45) is -1.24. The van der Waals surface area contributed by atoms with Crippen molar-refractivity contribution < 1.29 is 31.9 Å². The summed E-state index contributed by atoms with van der Waals surface area (Å²) in [6, 6.07) is 6.18. The first-order chi connectivity index (χ1) is 21.7. The number of aromatic nitrogens is 1. The van der Waals surface area contributed by atoms with Crippen molar-refractivity contribution in [1.82, 2.24) is 25.4 Å². The maximum atomic E-state index is 14.5. The zero-order valence-corrected chi connectivity index (χ0v) is 25.3. The van der Waals surface area contributed by atoms with Crippen LogP contribution in [0.4, 0.5) is 23.2 Å². The van der Waals surface area contributed by atoms with E-state index in [1.54, 1.807) is 21.9 Å². The molecule has 0 unspecified atom stereocenters. The molecule has 2 amide bonds. The van der Waals surface area contributed by atoms with Crippen molar-refractivity contribution in [3.05, 3.63) is 53.0 Å². The summed E-state index contributed by atoms with van der Waals surface area (Å²) in [5.41, 5.74) is 2.00. The molecule has 1 aromatic carbocycles. The number of anilines is 1. The number of carbonyl (C=O) groups is 2. The molecule has 4 fully saturated rings. The van der Waals surface area contributed by atoms with Crippen molar-refractivity contribution >= 4 is 17.5 Å². The molecule has 2 aromatic rings. The lowest BCUT2D eigenvalue weighted by Crippen LogP contribution is -2.50. The molecule has 1 aromatic heterocycles. The van der Waals surface area contributed by atoms with E-state index >= 15 is 0 Å². The van der Waals surface area contributed by atoms with Crippen LogP contribution in [0.15, 0.2) is 30.5 Å². The summed E-state index contributed by atoms with van der Waals surface area (Å²) >= 11 is 0. The van der Waals surface area contributed by atoms with Gasteiger partial charge in [-0.1, -0.05) is 0 Å². The van der Waals surface area contributed by atoms with Gasteiger partial charge in [0, 0.05) is 81.9 Å². The lowest BCUT2D eigenvalue weighted by molar-refractivity contribution is -0.182. The topological polar surface area (TPSA) is 90.0 Å². The molecule has 13 heteroatoms. The van der Waals surface area contributed by atoms with Gasteiger partial charge >= 0.3 is 6.18 Å². The molecule has 4 heterocycles. The van der Waals surface area contributed by atoms with Gasteiger partial charge in [0.25, 0.3) is 11.8 Å². The van der Waals surface area contributed by atoms with Crippen molar-refractivity contribution in [3.63, 3.8) is 0 Å². The number of hydrogen-bond acceptors (Lipinski definition) is 7. The second kappa shape index (κ2) is 13.5. The van der Waals surface area contributed by atoms with E-state index < -0.39 is 17.9 Å². The fraction of sp³-hybridized carbons (Fsp3) is 0.594. The number of amides is 2. The minimum Gasteiger partial charge on any atom is -0.473 e. The molecule has 0 bridgehead atoms. The molecule has 3 saturated heterocycles. The largest absolute Gasteiger partial charge is 0.473 e. The van der Waals surface area contributed by atoms with E-state index in [9.17, 15) is 27.2 Å². The number of ether oxygens (including phenoxy) is 1. The van der Waals surface area contributed by atoms with Crippen LogP contribution in [0.1, 0.15) is 64.3 Å². The van der Waals surface area contributed by atoms with Crippen LogP contribution in [-0.4, -0.2) is 104 Å². The number of benzene rings is 1. The van der Waals surface area contributed by atoms with Crippen LogP contribution in [0.5, 0.6) is 5.88 Å². The van der Waals surface area contributed by atoms with Crippen LogP contribution in [0, 0.1) is 11.7 Å². The van der Waals surface area contributed by atoms with E-state index in [4.69, 9.17) is 4.74 Å². The van der Waals surface area contributed by atoms with Crippen LogP contribution in [0.3, 0.4) is 0 Å². The first kappa shape index (κ1) is 31.5. The van der Waals surface area contributed by atoms with E-state index in [2.05, 4.69) is 20.5 Å². The number of piperazine rings is 2. The first-order valence-electron chi connectivity index (χ1n) is 15.9. The number of alkyl halides is 3. The Morgan fingerprint density at radius 2 is 1.47 bits per heavy atom. The molecule has 45 heavy (non-hydrogen) atoms. The summed E-state index contributed by atoms with van der Waals surface area (Å²) in [5.74, 6) is -2.09. The van der Waals surface area contributed by atoms with E-state index in [0.717, 1.165) is 39.1 Å². The van der Waals surface area contributed by atoms with Gasteiger partial charge < -0.3 is 30.1 Å². The van der Waals surface area contributed by atoms with Crippen LogP contribution in [0.25, 0.3) is 0 Å². The zero-order chi connectivity index (χ0) is 31.6. The Morgan fingerprint density at radius 1 is 0.800 bits per heavy atom. The molecule has 1 atom stereocenters. The summed E-state index contributed by atoms with van der Waals surface area (Å²) in [5, 5.41) is 6.50. The Hall–Kier alpha value is -3.45. The molecule has 244 valence electrons. The third kappa shape index (κ3) is 7.35. The Balaban J connectivity index is 1.12. The number of nitrogens with zero attached hydrogens (tertiary/aromatic N) is 4. The second-order valence-electron chi connectivity index (χ2n) is 12.5. The number of nitrogens with one attached hydrogen (secondary N) is 2. The van der Waals surface area contributed by atoms with Crippen molar-refractivity contribution in [2.45, 2.75) is 50.3 Å². The average Bonchev–Trinajstić information content (AvgIpc) is 3.57. The molecular formula is C32H40F4N6O3. The smallest absolute Gasteiger partial charge is 0.391 e. The highest BCUT2D eigenvalue weighted by molar-refractivity contribution is 5.96. The summed E-state index contributed by atoms with van der Waals surface area (Å²) in [7, 11) is 0. The van der Waals surface area contributed by atoms with Crippen LogP contribution in [-0.2, 0) is 0 Å². The predicted molar refractivity (Wildman–Crippen MR) is 160 cm³/mol. The molecular weight excluding hydrogens is 592 g/mol. The third-order valence-electron chi connectivity index (χ3n) is 9.51. The SMILES string of the molecule is O=C(c1cc(F)cc(N2CCNCC2)c1)N1CCN(C(=O)c2cnc(O[C@H]3CCNC3)c(C3CCC(C(F)(F)F)CC3)c2)CC1. The van der Waals surface area contributed by atoms with Gasteiger partial charge in [0.05, 0.1) is 11.5 Å². The average molecular weight is 633 g/mol. The summed E-state index contributed by atoms with van der Waals surface area (Å²) in [6.45, 7) is 5.70. The van der Waals surface area contributed by atoms with Gasteiger partial charge in [-0.05, 0) is 68.8 Å². The van der Waals surface area contributed by atoms with E-state index in [-0.39, 0.29) is 42.2 Å². The summed E-state index contributed by atoms with van der Waals surface area (Å²) < 4.78 is 60.7. The van der Waals surface area contributed by atoms with Gasteiger partial charge in [-0.2, -0.15) is 13.2 Å². The monoisotopic (exact) mass is 632 g/mol. The quantitative estimate of drug-likeness (QED) is 0.469. The van der Waals surface area contributed by atoms with Gasteiger partial charge in [-0.3, -0.25) is 9.59 Å². The molecule has 1 saturated carbocycles. The Kier molecular flexibility index (Phi) is 9.46. The maximum absolute atomic E-state index is 14.5. The highest BCUT2D eigenvalue weighted by Gasteiger charge is 2.42. The fourth-order valence-electron chi connectivity index (χ4n) is 6.88. The van der Waals surface area contributed by atoms with Crippen molar-refractivity contribution in [2.24, 2.45) is 5.92 Å². The number of halogens is 4. The molecule has 6 rings (SSSR count). The number of pyridine rings is 1. The van der Waals surface area contributed by atoms with Gasteiger partial charge in [-0.25, -0.2) is 9.37 Å². The maximum Gasteiger partial charge on any atom is 0.391 e. The minimum atomic E-state index is -4.21. The van der Waals surface area contributed by atoms with Gasteiger partial charge in [0.2, 0.25) is 5.88 Å². The van der Waals surface area contributed by atoms with Crippen molar-refractivity contribution in [1.29, 1.82) is 0 Å². The number of rotatable bonds is 6. The van der Waals surface area contributed by atoms with Gasteiger partial charge in [-0.15, -0.1) is 0 Å². The van der Waals surface area contributed by atoms with Gasteiger partial charge in [0.15, 0.2) is 0 Å². The normalized spacial score (nSPS) is 24.5. The number of carbonyl (C=O) groups excluding carboxylic acids is 2. The molecule has 9 nitrogen and oxygen atoms in total. The van der Waals surface area contributed by atoms with Crippen LogP contribution in [0.2, 0.25) is 0 Å². The standard InChI is InChI=1S/C32H40F4N6O3/c33-25-15-22(16-26(18-25)40-9-7-37-8-10-40)30(43)41-11-13-42(14-12-41)31(44)23-17-28(21-1-3-24(4-2-21)32(34,35)36)29(39-19-23)45-27-5-6-38-20-27/h15-19,21,24,27,37-38H,1-14,20H2/t21?,24?,27-/m0/s1. The van der Waals surface area contributed by atoms with E-state index in [1.165, 1.54) is 18.3 Å². The van der Waals surface area contributed by atoms with E-state index in [0.29, 0.717) is 68.3 Å². The van der Waals surface area contributed by atoms with Crippen LogP contribution < -0.4 is 20.3 Å². The molecule has 2 N–H and O–H groups in total. The van der Waals surface area contributed by atoms with Gasteiger partial charge in [0.1, 0.15) is 11.9 Å². The van der Waals surface area contributed by atoms with Crippen molar-refractivity contribution in [2.75, 3.05) is 70.3 Å². The zero-order valence-electron chi connectivity index (χ0n) is 25.3. The lowest BCUT2D eigenvalue weighted by atomic mass is 9.78. The van der Waals surface area contributed by atoms with Crippen molar-refractivity contribution in [3.8, 4) is 5.88 Å². The molecule has 1 aliphatic carbocycles. The third-order valence-corrected chi connectivity index (χ3v) is 9.51. The van der Waals surface area contributed by atoms with E-state index in [1.807, 2.05) is 0 Å². The lowest BCUT2D eigenvalue weighted by Gasteiger charge is -2.35. The molecule has 0 radical (unpaired) electrons. The predicted octanol–water partition coefficient (Wildman–Crippen LogP) is 3.81. The minimum absolute atomic E-state index is 0.0365. The Labute approximate surface area is 260 Å². The highest BCUT2D eigenvalue weighted by atomic mass is 19.4. The molecule has 0 spiro atoms. The van der Waals surface area contributed by atoms with Crippen LogP contribution >= 0.6 is 0 Å². The number of hydrogen-bond donors (Lipinski definition) is 2. The molecule has 4 aliphatic rings. The first-order valence-corrected chi connectivity index (χ1v) is 15.9. The highest BCUT2D eigenvalue weighted by Crippen LogP contribution is 2.45. The summed E-state index contributed by atoms with van der Waals surface area (Å²) in [4.78, 5) is 36.8. The Bertz CT molecular complexity index is 1360. The second-order valence-corrected chi connectivity index (χ2v) is 12.5.